The average molecular weight is 663 g/mol. The van der Waals surface area contributed by atoms with E-state index in [1.807, 2.05) is 5.01 Å². The molecule has 2 heterocycles. The van der Waals surface area contributed by atoms with Crippen LogP contribution in [0.2, 0.25) is 0 Å². The topological polar surface area (TPSA) is 128 Å². The minimum absolute atomic E-state index is 0.0645. The van der Waals surface area contributed by atoms with Crippen molar-refractivity contribution in [2.75, 3.05) is 82.6 Å². The molecule has 1 aromatic heterocycles. The van der Waals surface area contributed by atoms with E-state index in [0.29, 0.717) is 73.2 Å². The van der Waals surface area contributed by atoms with Crippen molar-refractivity contribution in [2.45, 2.75) is 13.0 Å². The number of para-hydroxylation sites is 1. The smallest absolute Gasteiger partial charge is 0.327 e. The van der Waals surface area contributed by atoms with Crippen LogP contribution in [-0.4, -0.2) is 93.8 Å². The van der Waals surface area contributed by atoms with Gasteiger partial charge >= 0.3 is 6.03 Å². The number of nitrogens with zero attached hydrogens (tertiary/aromatic N) is 5. The number of fused-ring (bicyclic) bond motifs is 1. The molecule has 3 amide bonds. The number of benzene rings is 3. The number of methoxy groups -OCH3 is 3. The van der Waals surface area contributed by atoms with Gasteiger partial charge in [-0.25, -0.2) is 18.8 Å². The van der Waals surface area contributed by atoms with Crippen molar-refractivity contribution in [1.82, 2.24) is 14.6 Å². The van der Waals surface area contributed by atoms with Crippen LogP contribution in [0.25, 0.3) is 10.9 Å². The Morgan fingerprint density at radius 1 is 0.958 bits per heavy atom. The van der Waals surface area contributed by atoms with Crippen LogP contribution in [-0.2, 0) is 14.3 Å². The van der Waals surface area contributed by atoms with Crippen molar-refractivity contribution >= 4 is 34.2 Å². The van der Waals surface area contributed by atoms with Gasteiger partial charge in [-0.2, -0.15) is 0 Å². The van der Waals surface area contributed by atoms with Crippen molar-refractivity contribution < 1.29 is 32.9 Å². The van der Waals surface area contributed by atoms with Crippen LogP contribution in [0.5, 0.6) is 11.5 Å². The minimum Gasteiger partial charge on any atom is -0.497 e. The average Bonchev–Trinajstić information content (AvgIpc) is 3.11. The van der Waals surface area contributed by atoms with Crippen molar-refractivity contribution in [3.05, 3.63) is 88.7 Å². The van der Waals surface area contributed by atoms with E-state index in [2.05, 4.69) is 5.32 Å². The molecule has 0 spiro atoms. The molecule has 254 valence electrons. The summed E-state index contributed by atoms with van der Waals surface area (Å²) in [5.74, 6) is 0.538. The molecule has 0 saturated carbocycles. The Morgan fingerprint density at radius 3 is 2.38 bits per heavy atom. The second-order valence-corrected chi connectivity index (χ2v) is 11.0. The van der Waals surface area contributed by atoms with Crippen LogP contribution in [0.1, 0.15) is 18.8 Å². The zero-order valence-corrected chi connectivity index (χ0v) is 27.3. The summed E-state index contributed by atoms with van der Waals surface area (Å²) in [5, 5.41) is 5.08. The summed E-state index contributed by atoms with van der Waals surface area (Å²) in [4.78, 5) is 49.2. The third kappa shape index (κ3) is 7.50. The Kier molecular flexibility index (Phi) is 11.1. The van der Waals surface area contributed by atoms with Crippen molar-refractivity contribution in [3.63, 3.8) is 0 Å². The normalized spacial score (nSPS) is 13.7. The number of aromatic nitrogens is 2. The molecule has 13 nitrogen and oxygen atoms in total. The van der Waals surface area contributed by atoms with E-state index in [0.717, 1.165) is 0 Å². The first kappa shape index (κ1) is 34.1. The second-order valence-electron chi connectivity index (χ2n) is 11.0. The quantitative estimate of drug-likeness (QED) is 0.226. The SMILES string of the molecule is COCCOCC(=O)N1CCN(n2c(C(C)N(C(=O)Nc3ccc(F)cc3)c3ccc(OC)cc3OC)nc3ccccc3c2=O)CC1. The predicted molar refractivity (Wildman–Crippen MR) is 179 cm³/mol. The summed E-state index contributed by atoms with van der Waals surface area (Å²) in [7, 11) is 4.57. The number of halogens is 1. The highest BCUT2D eigenvalue weighted by Crippen LogP contribution is 2.37. The molecule has 0 aliphatic carbocycles. The summed E-state index contributed by atoms with van der Waals surface area (Å²) >= 11 is 0. The maximum atomic E-state index is 14.2. The van der Waals surface area contributed by atoms with E-state index in [1.165, 1.54) is 48.1 Å². The Hall–Kier alpha value is -5.21. The van der Waals surface area contributed by atoms with Crippen LogP contribution in [0, 0.1) is 5.82 Å². The molecule has 1 unspecified atom stereocenters. The molecule has 0 bridgehead atoms. The molecule has 1 aliphatic rings. The van der Waals surface area contributed by atoms with E-state index in [4.69, 9.17) is 23.9 Å². The first-order chi connectivity index (χ1) is 23.2. The number of carbonyl (C=O) groups excluding carboxylic acids is 2. The van der Waals surface area contributed by atoms with Gasteiger partial charge in [0.2, 0.25) is 5.91 Å². The van der Waals surface area contributed by atoms with Crippen LogP contribution in [0.15, 0.2) is 71.5 Å². The summed E-state index contributed by atoms with van der Waals surface area (Å²) in [6, 6.07) is 16.0. The van der Waals surface area contributed by atoms with Gasteiger partial charge in [0.1, 0.15) is 23.9 Å². The van der Waals surface area contributed by atoms with E-state index < -0.39 is 17.9 Å². The molecule has 4 aromatic rings. The summed E-state index contributed by atoms with van der Waals surface area (Å²) in [6.07, 6.45) is 0. The molecular formula is C34H39FN6O7. The molecule has 5 rings (SSSR count). The lowest BCUT2D eigenvalue weighted by Crippen LogP contribution is -2.57. The molecule has 48 heavy (non-hydrogen) atoms. The number of amides is 3. The predicted octanol–water partition coefficient (Wildman–Crippen LogP) is 3.80. The lowest BCUT2D eigenvalue weighted by Gasteiger charge is -2.39. The van der Waals surface area contributed by atoms with Gasteiger partial charge in [-0.15, -0.1) is 0 Å². The van der Waals surface area contributed by atoms with Gasteiger partial charge in [-0.3, -0.25) is 14.5 Å². The zero-order valence-electron chi connectivity index (χ0n) is 27.3. The third-order valence-corrected chi connectivity index (χ3v) is 8.05. The van der Waals surface area contributed by atoms with Gasteiger partial charge in [0.15, 0.2) is 5.82 Å². The van der Waals surface area contributed by atoms with Crippen molar-refractivity contribution in [1.29, 1.82) is 0 Å². The molecule has 1 aliphatic heterocycles. The standard InChI is InChI=1S/C34H39FN6O7/c1-23(40(29-14-13-26(46-3)21-30(29)47-4)34(44)36-25-11-9-24(35)10-12-25)32-37-28-8-6-5-7-27(28)33(43)41(32)39-17-15-38(16-18-39)31(42)22-48-20-19-45-2/h5-14,21,23H,15-20,22H2,1-4H3,(H,36,44). The van der Waals surface area contributed by atoms with E-state index in [1.54, 1.807) is 61.4 Å². The summed E-state index contributed by atoms with van der Waals surface area (Å²) < 4.78 is 36.6. The summed E-state index contributed by atoms with van der Waals surface area (Å²) in [5.41, 5.74) is 0.888. The molecule has 14 heteroatoms. The van der Waals surface area contributed by atoms with Crippen LogP contribution < -0.4 is 30.3 Å². The maximum absolute atomic E-state index is 14.2. The maximum Gasteiger partial charge on any atom is 0.327 e. The number of rotatable bonds is 12. The highest BCUT2D eigenvalue weighted by atomic mass is 19.1. The molecular weight excluding hydrogens is 623 g/mol. The van der Waals surface area contributed by atoms with Crippen LogP contribution >= 0.6 is 0 Å². The summed E-state index contributed by atoms with van der Waals surface area (Å²) in [6.45, 7) is 3.76. The number of hydrogen-bond acceptors (Lipinski definition) is 9. The second kappa shape index (κ2) is 15.6. The minimum atomic E-state index is -0.848. The van der Waals surface area contributed by atoms with Crippen LogP contribution in [0.4, 0.5) is 20.6 Å². The van der Waals surface area contributed by atoms with Gasteiger partial charge in [0, 0.05) is 32.0 Å². The first-order valence-electron chi connectivity index (χ1n) is 15.4. The highest BCUT2D eigenvalue weighted by molar-refractivity contribution is 6.03. The number of piperazine rings is 1. The van der Waals surface area contributed by atoms with E-state index >= 15 is 0 Å². The monoisotopic (exact) mass is 662 g/mol. The molecule has 0 radical (unpaired) electrons. The van der Waals surface area contributed by atoms with Gasteiger partial charge in [0.05, 0.1) is 63.2 Å². The van der Waals surface area contributed by atoms with E-state index in [9.17, 15) is 18.8 Å². The van der Waals surface area contributed by atoms with Gasteiger partial charge in [-0.05, 0) is 55.5 Å². The third-order valence-electron chi connectivity index (χ3n) is 8.05. The number of nitrogens with one attached hydrogen (secondary N) is 1. The van der Waals surface area contributed by atoms with Gasteiger partial charge < -0.3 is 34.2 Å². The van der Waals surface area contributed by atoms with Crippen molar-refractivity contribution in [3.8, 4) is 11.5 Å². The first-order valence-corrected chi connectivity index (χ1v) is 15.4. The molecule has 1 atom stereocenters. The van der Waals surface area contributed by atoms with Crippen molar-refractivity contribution in [2.24, 2.45) is 0 Å². The molecule has 1 saturated heterocycles. The fourth-order valence-electron chi connectivity index (χ4n) is 5.53. The van der Waals surface area contributed by atoms with E-state index in [-0.39, 0.29) is 23.9 Å². The Labute approximate surface area is 277 Å². The highest BCUT2D eigenvalue weighted by Gasteiger charge is 2.33. The Balaban J connectivity index is 1.54. The lowest BCUT2D eigenvalue weighted by atomic mass is 10.1. The molecule has 1 N–H and O–H groups in total. The number of anilines is 2. The van der Waals surface area contributed by atoms with Crippen LogP contribution in [0.3, 0.4) is 0 Å². The fourth-order valence-corrected chi connectivity index (χ4v) is 5.53. The van der Waals surface area contributed by atoms with Gasteiger partial charge in [0.25, 0.3) is 5.56 Å². The number of carbonyl (C=O) groups is 2. The number of urea groups is 1. The number of hydrogen-bond donors (Lipinski definition) is 1. The zero-order chi connectivity index (χ0) is 34.2. The Bertz CT molecular complexity index is 1790. The largest absolute Gasteiger partial charge is 0.497 e. The number of ether oxygens (including phenoxy) is 4. The Morgan fingerprint density at radius 2 is 1.69 bits per heavy atom. The van der Waals surface area contributed by atoms with Gasteiger partial charge in [-0.1, -0.05) is 12.1 Å². The fraction of sp³-hybridized carbons (Fsp3) is 0.353. The molecule has 3 aromatic carbocycles. The lowest BCUT2D eigenvalue weighted by molar-refractivity contribution is -0.137. The molecule has 1 fully saturated rings.